The molecule has 0 saturated carbocycles. The van der Waals surface area contributed by atoms with Crippen molar-refractivity contribution < 1.29 is 19.3 Å². The van der Waals surface area contributed by atoms with E-state index in [1.807, 2.05) is 0 Å². The smallest absolute Gasteiger partial charge is 0.199 e. The lowest BCUT2D eigenvalue weighted by atomic mass is 9.94. The van der Waals surface area contributed by atoms with Crippen molar-refractivity contribution in [2.75, 3.05) is 6.61 Å². The molecule has 7 nitrogen and oxygen atoms in total. The van der Waals surface area contributed by atoms with E-state index in [1.165, 1.54) is 6.33 Å². The van der Waals surface area contributed by atoms with Gasteiger partial charge in [-0.2, -0.15) is 0 Å². The van der Waals surface area contributed by atoms with Crippen molar-refractivity contribution in [2.24, 2.45) is 0 Å². The van der Waals surface area contributed by atoms with Crippen LogP contribution in [0.2, 0.25) is 25.2 Å². The molecule has 4 aromatic rings. The molecule has 1 fully saturated rings. The fourth-order valence-electron chi connectivity index (χ4n) is 4.43. The number of ether oxygens (including phenoxy) is 3. The van der Waals surface area contributed by atoms with Gasteiger partial charge in [-0.05, 0) is 41.5 Å². The number of aromatic nitrogens is 3. The summed E-state index contributed by atoms with van der Waals surface area (Å²) < 4.78 is 20.0. The Morgan fingerprint density at radius 1 is 0.974 bits per heavy atom. The van der Waals surface area contributed by atoms with Crippen LogP contribution < -0.4 is 0 Å². The molecule has 3 heterocycles. The molecule has 0 bridgehead atoms. The summed E-state index contributed by atoms with van der Waals surface area (Å²) in [6, 6.07) is 11.9. The van der Waals surface area contributed by atoms with Crippen LogP contribution in [0.1, 0.15) is 17.4 Å². The lowest BCUT2D eigenvalue weighted by molar-refractivity contribution is -0.0897. The largest absolute Gasteiger partial charge is 0.374 e. The van der Waals surface area contributed by atoms with Crippen molar-refractivity contribution in [3.8, 4) is 12.3 Å². The SMILES string of the molecule is C#C[C@@]1(O)[C@H](OCc2ccc(Cl)cc2Cl)[C@@H](COCc2ccc(Cl)cc2Cl)O[C@H]1n1ccc2c(Cl)ncnc21. The van der Waals surface area contributed by atoms with Crippen molar-refractivity contribution in [3.63, 3.8) is 0 Å². The van der Waals surface area contributed by atoms with Gasteiger partial charge in [-0.3, -0.25) is 0 Å². The van der Waals surface area contributed by atoms with E-state index in [4.69, 9.17) is 78.6 Å². The minimum absolute atomic E-state index is 0.0212. The molecular weight excluding hydrogens is 608 g/mol. The van der Waals surface area contributed by atoms with Crippen molar-refractivity contribution in [1.29, 1.82) is 0 Å². The molecule has 0 spiro atoms. The third kappa shape index (κ3) is 5.73. The summed E-state index contributed by atoms with van der Waals surface area (Å²) in [5.41, 5.74) is -0.102. The van der Waals surface area contributed by atoms with E-state index in [1.54, 1.807) is 53.2 Å². The number of hydrogen-bond acceptors (Lipinski definition) is 6. The van der Waals surface area contributed by atoms with Crippen molar-refractivity contribution >= 4 is 69.0 Å². The molecule has 0 aliphatic carbocycles. The Balaban J connectivity index is 1.44. The molecule has 202 valence electrons. The van der Waals surface area contributed by atoms with Crippen LogP contribution in [-0.2, 0) is 27.4 Å². The Hall–Kier alpha value is -2.09. The van der Waals surface area contributed by atoms with Crippen molar-refractivity contribution in [1.82, 2.24) is 14.5 Å². The number of terminal acetylenes is 1. The van der Waals surface area contributed by atoms with Gasteiger partial charge in [-0.15, -0.1) is 6.42 Å². The topological polar surface area (TPSA) is 78.6 Å². The molecular formula is C27H20Cl5N3O4. The number of nitrogens with zero attached hydrogens (tertiary/aromatic N) is 3. The van der Waals surface area contributed by atoms with E-state index in [0.29, 0.717) is 36.7 Å². The molecule has 1 saturated heterocycles. The summed E-state index contributed by atoms with van der Waals surface area (Å²) >= 11 is 30.9. The lowest BCUT2D eigenvalue weighted by Crippen LogP contribution is -2.47. The molecule has 2 aromatic carbocycles. The molecule has 39 heavy (non-hydrogen) atoms. The molecule has 1 N–H and O–H groups in total. The van der Waals surface area contributed by atoms with Crippen LogP contribution in [0.15, 0.2) is 55.0 Å². The standard InChI is InChI=1S/C27H20Cl5N3O4/c1-2-27(36)23(38-12-16-4-6-18(29)10-21(16)31)22(13-37-11-15-3-5-17(28)9-20(15)30)39-26(27)35-8-7-19-24(32)33-14-34-25(19)35/h1,3-10,14,22-23,26,36H,11-13H2/t22-,23-,26-,27-/m1/s1. The quantitative estimate of drug-likeness (QED) is 0.172. The normalized spacial score (nSPS) is 22.8. The number of benzene rings is 2. The fourth-order valence-corrected chi connectivity index (χ4v) is 5.55. The number of rotatable bonds is 8. The highest BCUT2D eigenvalue weighted by atomic mass is 35.5. The second-order valence-corrected chi connectivity index (χ2v) is 10.9. The summed E-state index contributed by atoms with van der Waals surface area (Å²) in [6.45, 7) is 0.216. The van der Waals surface area contributed by atoms with Gasteiger partial charge >= 0.3 is 0 Å². The number of aliphatic hydroxyl groups is 1. The van der Waals surface area contributed by atoms with Gasteiger partial charge in [0.15, 0.2) is 11.8 Å². The highest BCUT2D eigenvalue weighted by Crippen LogP contribution is 2.42. The van der Waals surface area contributed by atoms with Gasteiger partial charge in [0, 0.05) is 26.3 Å². The average molecular weight is 628 g/mol. The summed E-state index contributed by atoms with van der Waals surface area (Å²) in [5.74, 6) is 2.48. The zero-order valence-electron chi connectivity index (χ0n) is 20.0. The van der Waals surface area contributed by atoms with Gasteiger partial charge in [0.1, 0.15) is 29.3 Å². The average Bonchev–Trinajstić information content (AvgIpc) is 3.45. The van der Waals surface area contributed by atoms with Crippen LogP contribution in [0.5, 0.6) is 0 Å². The molecule has 4 atom stereocenters. The van der Waals surface area contributed by atoms with E-state index in [9.17, 15) is 5.11 Å². The van der Waals surface area contributed by atoms with Crippen LogP contribution in [0, 0.1) is 12.3 Å². The predicted octanol–water partition coefficient (Wildman–Crippen LogP) is 6.76. The van der Waals surface area contributed by atoms with E-state index < -0.39 is 24.0 Å². The van der Waals surface area contributed by atoms with E-state index in [0.717, 1.165) is 5.56 Å². The third-order valence-electron chi connectivity index (χ3n) is 6.38. The minimum Gasteiger partial charge on any atom is -0.374 e. The second kappa shape index (κ2) is 11.8. The maximum atomic E-state index is 11.8. The van der Waals surface area contributed by atoms with Gasteiger partial charge in [-0.1, -0.05) is 76.1 Å². The highest BCUT2D eigenvalue weighted by Gasteiger charge is 2.57. The van der Waals surface area contributed by atoms with Gasteiger partial charge in [-0.25, -0.2) is 9.97 Å². The zero-order valence-corrected chi connectivity index (χ0v) is 23.8. The summed E-state index contributed by atoms with van der Waals surface area (Å²) in [6.07, 6.45) is 6.02. The molecule has 1 aliphatic heterocycles. The van der Waals surface area contributed by atoms with Crippen LogP contribution >= 0.6 is 58.0 Å². The molecule has 0 unspecified atom stereocenters. The summed E-state index contributed by atoms with van der Waals surface area (Å²) in [4.78, 5) is 8.31. The Morgan fingerprint density at radius 2 is 1.64 bits per heavy atom. The van der Waals surface area contributed by atoms with Crippen molar-refractivity contribution in [3.05, 3.63) is 91.4 Å². The maximum absolute atomic E-state index is 11.8. The molecule has 0 radical (unpaired) electrons. The van der Waals surface area contributed by atoms with E-state index in [-0.39, 0.29) is 25.0 Å². The highest BCUT2D eigenvalue weighted by molar-refractivity contribution is 6.35. The lowest BCUT2D eigenvalue weighted by Gasteiger charge is -2.29. The van der Waals surface area contributed by atoms with Crippen LogP contribution in [0.3, 0.4) is 0 Å². The number of fused-ring (bicyclic) bond motifs is 1. The molecule has 5 rings (SSSR count). The Kier molecular flexibility index (Phi) is 8.60. The van der Waals surface area contributed by atoms with Crippen LogP contribution in [-0.4, -0.2) is 44.1 Å². The van der Waals surface area contributed by atoms with Gasteiger partial charge in [0.2, 0.25) is 0 Å². The molecule has 0 amide bonds. The molecule has 2 aromatic heterocycles. The Bertz CT molecular complexity index is 1560. The van der Waals surface area contributed by atoms with E-state index >= 15 is 0 Å². The van der Waals surface area contributed by atoms with Gasteiger partial charge in [0.05, 0.1) is 25.2 Å². The minimum atomic E-state index is -1.92. The number of hydrogen-bond donors (Lipinski definition) is 1. The first-order chi connectivity index (χ1) is 18.7. The van der Waals surface area contributed by atoms with Crippen LogP contribution in [0.25, 0.3) is 11.0 Å². The Labute approximate surface area is 249 Å². The monoisotopic (exact) mass is 625 g/mol. The van der Waals surface area contributed by atoms with Gasteiger partial charge in [0.25, 0.3) is 0 Å². The fraction of sp³-hybridized carbons (Fsp3) is 0.259. The molecule has 12 heteroatoms. The third-order valence-corrected chi connectivity index (χ3v) is 7.86. The first-order valence-electron chi connectivity index (χ1n) is 11.6. The van der Waals surface area contributed by atoms with E-state index in [2.05, 4.69) is 15.9 Å². The zero-order chi connectivity index (χ0) is 27.7. The first kappa shape index (κ1) is 28.4. The summed E-state index contributed by atoms with van der Waals surface area (Å²) in [5, 5.41) is 14.6. The van der Waals surface area contributed by atoms with Crippen LogP contribution in [0.4, 0.5) is 0 Å². The summed E-state index contributed by atoms with van der Waals surface area (Å²) in [7, 11) is 0. The first-order valence-corrected chi connectivity index (χ1v) is 13.5. The predicted molar refractivity (Wildman–Crippen MR) is 151 cm³/mol. The Morgan fingerprint density at radius 3 is 2.28 bits per heavy atom. The van der Waals surface area contributed by atoms with Gasteiger partial charge < -0.3 is 23.9 Å². The molecule has 1 aliphatic rings. The second-order valence-electron chi connectivity index (χ2n) is 8.84. The maximum Gasteiger partial charge on any atom is 0.199 e. The number of halogens is 5. The van der Waals surface area contributed by atoms with Crippen molar-refractivity contribution in [2.45, 2.75) is 37.3 Å².